The van der Waals surface area contributed by atoms with Crippen LogP contribution in [0.4, 0.5) is 5.82 Å². The average Bonchev–Trinajstić information content (AvgIpc) is 3.01. The van der Waals surface area contributed by atoms with Crippen molar-refractivity contribution < 1.29 is 9.59 Å². The van der Waals surface area contributed by atoms with Gasteiger partial charge in [-0.25, -0.2) is 4.98 Å². The van der Waals surface area contributed by atoms with Crippen LogP contribution in [0.3, 0.4) is 0 Å². The molecule has 1 saturated carbocycles. The molecule has 72 valence electrons. The van der Waals surface area contributed by atoms with Crippen molar-refractivity contribution in [2.24, 2.45) is 5.92 Å². The molecule has 0 saturated heterocycles. The van der Waals surface area contributed by atoms with Crippen molar-refractivity contribution in [1.29, 1.82) is 0 Å². The topological polar surface area (TPSA) is 59.1 Å². The van der Waals surface area contributed by atoms with Gasteiger partial charge in [0.05, 0.1) is 0 Å². The van der Waals surface area contributed by atoms with E-state index in [0.717, 1.165) is 19.1 Å². The number of rotatable bonds is 3. The van der Waals surface area contributed by atoms with Crippen molar-refractivity contribution in [1.82, 2.24) is 4.98 Å². The molecule has 2 rings (SSSR count). The van der Waals surface area contributed by atoms with Crippen LogP contribution < -0.4 is 5.32 Å². The van der Waals surface area contributed by atoms with Gasteiger partial charge in [-0.15, -0.1) is 0 Å². The van der Waals surface area contributed by atoms with E-state index in [1.165, 1.54) is 6.20 Å². The van der Waals surface area contributed by atoms with Crippen LogP contribution in [0, 0.1) is 5.92 Å². The molecule has 0 atom stereocenters. The molecule has 1 N–H and O–H groups in total. The molecule has 1 aliphatic rings. The lowest BCUT2D eigenvalue weighted by Crippen LogP contribution is -2.14. The number of carbonyl (C=O) groups is 2. The summed E-state index contributed by atoms with van der Waals surface area (Å²) in [5.74, 6) is 0.601. The van der Waals surface area contributed by atoms with Gasteiger partial charge in [-0.3, -0.25) is 9.59 Å². The minimum absolute atomic E-state index is 0.000508. The Bertz CT molecular complexity index is 372. The van der Waals surface area contributed by atoms with E-state index < -0.39 is 0 Å². The Morgan fingerprint density at radius 3 is 3.00 bits per heavy atom. The average molecular weight is 190 g/mol. The lowest BCUT2D eigenvalue weighted by molar-refractivity contribution is -0.117. The van der Waals surface area contributed by atoms with E-state index in [4.69, 9.17) is 0 Å². The molecule has 4 heteroatoms. The lowest BCUT2D eigenvalue weighted by atomic mass is 10.3. The van der Waals surface area contributed by atoms with Crippen LogP contribution in [0.25, 0.3) is 0 Å². The molecule has 0 bridgehead atoms. The van der Waals surface area contributed by atoms with Crippen LogP contribution in [0.5, 0.6) is 0 Å². The fourth-order valence-corrected chi connectivity index (χ4v) is 1.16. The highest BCUT2D eigenvalue weighted by Crippen LogP contribution is 2.29. The number of aromatic nitrogens is 1. The minimum Gasteiger partial charge on any atom is -0.310 e. The predicted octanol–water partition coefficient (Wildman–Crippen LogP) is 1.24. The zero-order chi connectivity index (χ0) is 9.97. The second-order valence-electron chi connectivity index (χ2n) is 3.36. The van der Waals surface area contributed by atoms with E-state index in [0.29, 0.717) is 11.4 Å². The van der Waals surface area contributed by atoms with Crippen molar-refractivity contribution in [2.75, 3.05) is 5.32 Å². The third-order valence-corrected chi connectivity index (χ3v) is 2.12. The highest BCUT2D eigenvalue weighted by molar-refractivity contribution is 5.93. The summed E-state index contributed by atoms with van der Waals surface area (Å²) >= 11 is 0. The van der Waals surface area contributed by atoms with Gasteiger partial charge < -0.3 is 5.32 Å². The van der Waals surface area contributed by atoms with Crippen LogP contribution >= 0.6 is 0 Å². The summed E-state index contributed by atoms with van der Waals surface area (Å²) in [5.41, 5.74) is 0.520. The number of nitrogens with one attached hydrogen (secondary N) is 1. The molecule has 0 aromatic carbocycles. The number of hydrogen-bond donors (Lipinski definition) is 1. The van der Waals surface area contributed by atoms with E-state index in [9.17, 15) is 9.59 Å². The number of anilines is 1. The van der Waals surface area contributed by atoms with Crippen molar-refractivity contribution >= 4 is 18.0 Å². The Hall–Kier alpha value is -1.71. The van der Waals surface area contributed by atoms with E-state index in [-0.39, 0.29) is 11.8 Å². The van der Waals surface area contributed by atoms with Crippen LogP contribution in [-0.2, 0) is 4.79 Å². The minimum atomic E-state index is 0.000508. The number of carbonyl (C=O) groups excluding carboxylic acids is 2. The Balaban J connectivity index is 2.07. The number of aldehydes is 1. The zero-order valence-electron chi connectivity index (χ0n) is 7.56. The standard InChI is InChI=1S/C10H10N2O2/c13-6-7-3-4-11-9(5-7)12-10(14)8-1-2-8/h3-6,8H,1-2H2,(H,11,12,14). The molecule has 14 heavy (non-hydrogen) atoms. The molecular formula is C10H10N2O2. The molecule has 0 spiro atoms. The van der Waals surface area contributed by atoms with Crippen molar-refractivity contribution in [3.63, 3.8) is 0 Å². The highest BCUT2D eigenvalue weighted by Gasteiger charge is 2.29. The van der Waals surface area contributed by atoms with Gasteiger partial charge in [0.2, 0.25) is 5.91 Å². The first-order valence-electron chi connectivity index (χ1n) is 4.51. The van der Waals surface area contributed by atoms with Gasteiger partial charge in [0.1, 0.15) is 12.1 Å². The molecule has 0 unspecified atom stereocenters. The SMILES string of the molecule is O=Cc1ccnc(NC(=O)C2CC2)c1. The Labute approximate surface area is 81.3 Å². The summed E-state index contributed by atoms with van der Waals surface area (Å²) in [5, 5.41) is 2.67. The summed E-state index contributed by atoms with van der Waals surface area (Å²) < 4.78 is 0. The van der Waals surface area contributed by atoms with Gasteiger partial charge in [-0.1, -0.05) is 0 Å². The zero-order valence-corrected chi connectivity index (χ0v) is 7.56. The molecule has 1 aliphatic carbocycles. The van der Waals surface area contributed by atoms with Gasteiger partial charge in [-0.2, -0.15) is 0 Å². The first kappa shape index (κ1) is 8.87. The van der Waals surface area contributed by atoms with Gasteiger partial charge in [0, 0.05) is 17.7 Å². The Morgan fingerprint density at radius 2 is 2.36 bits per heavy atom. The van der Waals surface area contributed by atoms with Crippen LogP contribution in [-0.4, -0.2) is 17.2 Å². The normalized spacial score (nSPS) is 14.9. The predicted molar refractivity (Wildman–Crippen MR) is 51.0 cm³/mol. The number of amides is 1. The smallest absolute Gasteiger partial charge is 0.228 e. The first-order valence-corrected chi connectivity index (χ1v) is 4.51. The van der Waals surface area contributed by atoms with E-state index >= 15 is 0 Å². The van der Waals surface area contributed by atoms with Crippen LogP contribution in [0.1, 0.15) is 23.2 Å². The molecule has 4 nitrogen and oxygen atoms in total. The molecule has 0 radical (unpaired) electrons. The first-order chi connectivity index (χ1) is 6.79. The molecule has 1 amide bonds. The highest BCUT2D eigenvalue weighted by atomic mass is 16.2. The summed E-state index contributed by atoms with van der Waals surface area (Å²) in [6.07, 6.45) is 4.15. The maximum Gasteiger partial charge on any atom is 0.228 e. The fourth-order valence-electron chi connectivity index (χ4n) is 1.16. The van der Waals surface area contributed by atoms with Gasteiger partial charge in [-0.05, 0) is 25.0 Å². The molecule has 0 aliphatic heterocycles. The Kier molecular flexibility index (Phi) is 2.26. The van der Waals surface area contributed by atoms with Gasteiger partial charge in [0.25, 0.3) is 0 Å². The third-order valence-electron chi connectivity index (χ3n) is 2.12. The van der Waals surface area contributed by atoms with Crippen molar-refractivity contribution in [3.8, 4) is 0 Å². The summed E-state index contributed by atoms with van der Waals surface area (Å²) in [4.78, 5) is 25.7. The molecule has 1 fully saturated rings. The van der Waals surface area contributed by atoms with E-state index in [2.05, 4.69) is 10.3 Å². The largest absolute Gasteiger partial charge is 0.310 e. The van der Waals surface area contributed by atoms with Gasteiger partial charge in [0.15, 0.2) is 0 Å². The molecule has 1 aromatic rings. The molecule has 1 heterocycles. The quantitative estimate of drug-likeness (QED) is 0.729. The number of pyridine rings is 1. The lowest BCUT2D eigenvalue weighted by Gasteiger charge is -2.02. The van der Waals surface area contributed by atoms with E-state index in [1.807, 2.05) is 0 Å². The number of hydrogen-bond acceptors (Lipinski definition) is 3. The summed E-state index contributed by atoms with van der Waals surface area (Å²) in [6.45, 7) is 0. The maximum atomic E-state index is 11.3. The maximum absolute atomic E-state index is 11.3. The Morgan fingerprint density at radius 1 is 1.57 bits per heavy atom. The molecule has 1 aromatic heterocycles. The number of nitrogens with zero attached hydrogens (tertiary/aromatic N) is 1. The second kappa shape index (κ2) is 3.57. The van der Waals surface area contributed by atoms with Gasteiger partial charge >= 0.3 is 0 Å². The monoisotopic (exact) mass is 190 g/mol. The summed E-state index contributed by atoms with van der Waals surface area (Å²) in [7, 11) is 0. The molecular weight excluding hydrogens is 180 g/mol. The fraction of sp³-hybridized carbons (Fsp3) is 0.300. The van der Waals surface area contributed by atoms with Crippen molar-refractivity contribution in [2.45, 2.75) is 12.8 Å². The van der Waals surface area contributed by atoms with Crippen LogP contribution in [0.15, 0.2) is 18.3 Å². The van der Waals surface area contributed by atoms with Crippen LogP contribution in [0.2, 0.25) is 0 Å². The third kappa shape index (κ3) is 1.96. The van der Waals surface area contributed by atoms with Crippen molar-refractivity contribution in [3.05, 3.63) is 23.9 Å². The summed E-state index contributed by atoms with van der Waals surface area (Å²) in [6, 6.07) is 3.16. The second-order valence-corrected chi connectivity index (χ2v) is 3.36. The van der Waals surface area contributed by atoms with E-state index in [1.54, 1.807) is 12.1 Å².